The van der Waals surface area contributed by atoms with E-state index in [1.54, 1.807) is 0 Å². The molecule has 148 valence electrons. The zero-order chi connectivity index (χ0) is 18.5. The summed E-state index contributed by atoms with van der Waals surface area (Å²) >= 11 is 0. The van der Waals surface area contributed by atoms with Crippen LogP contribution in [0.5, 0.6) is 0 Å². The fourth-order valence-corrected chi connectivity index (χ4v) is 2.60. The van der Waals surface area contributed by atoms with E-state index in [2.05, 4.69) is 22.9 Å². The van der Waals surface area contributed by atoms with Gasteiger partial charge < -0.3 is 9.79 Å². The molecule has 0 rings (SSSR count). The van der Waals surface area contributed by atoms with Crippen LogP contribution in [0.3, 0.4) is 0 Å². The molecule has 0 N–H and O–H groups in total. The maximum absolute atomic E-state index is 9.95. The minimum Gasteiger partial charge on any atom is -0.566 e. The van der Waals surface area contributed by atoms with Crippen LogP contribution < -0.4 is 9.79 Å². The van der Waals surface area contributed by atoms with Crippen LogP contribution >= 0.6 is 16.5 Å². The summed E-state index contributed by atoms with van der Waals surface area (Å²) < 4.78 is 28.7. The third kappa shape index (κ3) is 36.3. The molecule has 25 heavy (non-hydrogen) atoms. The van der Waals surface area contributed by atoms with E-state index in [1.165, 1.54) is 51.4 Å². The summed E-state index contributed by atoms with van der Waals surface area (Å²) in [5.74, 6) is 0. The third-order valence-corrected chi connectivity index (χ3v) is 4.18. The second-order valence-corrected chi connectivity index (χ2v) is 7.06. The fourth-order valence-electron chi connectivity index (χ4n) is 2.04. The number of rotatable bonds is 16. The van der Waals surface area contributed by atoms with Gasteiger partial charge in [-0.05, 0) is 22.0 Å². The van der Waals surface area contributed by atoms with E-state index in [9.17, 15) is 18.9 Å². The summed E-state index contributed by atoms with van der Waals surface area (Å²) in [6.07, 6.45) is 13.8. The van der Waals surface area contributed by atoms with Gasteiger partial charge in [-0.15, -0.1) is 9.05 Å². The van der Waals surface area contributed by atoms with Crippen molar-refractivity contribution in [2.45, 2.75) is 90.9 Å². The summed E-state index contributed by atoms with van der Waals surface area (Å²) in [5, 5.41) is 0. The summed E-state index contributed by atoms with van der Waals surface area (Å²) in [4.78, 5) is 19.9. The third-order valence-electron chi connectivity index (χ3n) is 3.39. The molecule has 2 atom stereocenters. The van der Waals surface area contributed by atoms with Gasteiger partial charge >= 0.3 is 33.9 Å². The molecule has 0 aliphatic carbocycles. The maximum Gasteiger partial charge on any atom is 2.00 e. The van der Waals surface area contributed by atoms with Crippen molar-refractivity contribution in [2.75, 3.05) is 13.2 Å². The Bertz CT molecular complexity index is 268. The second kappa shape index (κ2) is 26.8. The topological polar surface area (TPSA) is 98.7 Å². The molecule has 0 spiro atoms. The van der Waals surface area contributed by atoms with Crippen molar-refractivity contribution in [3.63, 3.8) is 0 Å². The van der Waals surface area contributed by atoms with Crippen molar-refractivity contribution < 1.29 is 45.3 Å². The van der Waals surface area contributed by atoms with Gasteiger partial charge in [0.2, 0.25) is 0 Å². The standard InChI is InChI=1S/2C8H17O3P.Cr/c2*1-2-3-4-5-6-7-8-11-12(9)10;/h2*2-8H2,1H3;/q;;+2. The second-order valence-electron chi connectivity index (χ2n) is 5.65. The van der Waals surface area contributed by atoms with Crippen LogP contribution in [-0.2, 0) is 35.5 Å². The number of hydrogen-bond donors (Lipinski definition) is 0. The van der Waals surface area contributed by atoms with Gasteiger partial charge in [0.25, 0.3) is 0 Å². The van der Waals surface area contributed by atoms with E-state index < -0.39 is 16.5 Å². The van der Waals surface area contributed by atoms with Gasteiger partial charge in [0.05, 0.1) is 0 Å². The summed E-state index contributed by atoms with van der Waals surface area (Å²) in [5.41, 5.74) is 0. The fraction of sp³-hybridized carbons (Fsp3) is 1.00. The monoisotopic (exact) mass is 436 g/mol. The van der Waals surface area contributed by atoms with Gasteiger partial charge in [0, 0.05) is 0 Å². The van der Waals surface area contributed by atoms with E-state index in [4.69, 9.17) is 0 Å². The van der Waals surface area contributed by atoms with Crippen LogP contribution in [0.25, 0.3) is 0 Å². The molecule has 0 saturated heterocycles. The summed E-state index contributed by atoms with van der Waals surface area (Å²) in [6.45, 7) is 5.05. The Kier molecular flexibility index (Phi) is 32.5. The predicted octanol–water partition coefficient (Wildman–Crippen LogP) is 4.76. The predicted molar refractivity (Wildman–Crippen MR) is 93.9 cm³/mol. The summed E-state index contributed by atoms with van der Waals surface area (Å²) in [7, 11) is -5.26. The molecular weight excluding hydrogens is 402 g/mol. The molecule has 2 unspecified atom stereocenters. The molecule has 0 aliphatic heterocycles. The van der Waals surface area contributed by atoms with Crippen LogP contribution in [0.1, 0.15) is 90.9 Å². The van der Waals surface area contributed by atoms with E-state index in [0.29, 0.717) is 13.2 Å². The van der Waals surface area contributed by atoms with Gasteiger partial charge in [-0.1, -0.05) is 78.1 Å². The van der Waals surface area contributed by atoms with Crippen molar-refractivity contribution in [1.82, 2.24) is 0 Å². The Hall–Kier alpha value is 0.572. The smallest absolute Gasteiger partial charge is 0.566 e. The van der Waals surface area contributed by atoms with Crippen LogP contribution in [0.15, 0.2) is 0 Å². The molecular formula is C16H34CrO6P2+2. The molecule has 0 saturated carbocycles. The molecule has 0 aromatic rings. The Morgan fingerprint density at radius 2 is 0.880 bits per heavy atom. The van der Waals surface area contributed by atoms with Gasteiger partial charge in [-0.3, -0.25) is 0 Å². The molecule has 9 heteroatoms. The van der Waals surface area contributed by atoms with Crippen molar-refractivity contribution in [3.8, 4) is 0 Å². The SMILES string of the molecule is CCCCCCCCO[P+](=O)[O-].CCCCCCCCO[P+](=O)[O-].[Cr+2]. The molecule has 0 radical (unpaired) electrons. The maximum atomic E-state index is 9.95. The number of unbranched alkanes of at least 4 members (excludes halogenated alkanes) is 10. The van der Waals surface area contributed by atoms with E-state index in [1.807, 2.05) is 0 Å². The van der Waals surface area contributed by atoms with E-state index >= 15 is 0 Å². The molecule has 0 heterocycles. The minimum atomic E-state index is -2.63. The molecule has 0 aromatic heterocycles. The van der Waals surface area contributed by atoms with Crippen LogP contribution in [0.2, 0.25) is 0 Å². The first-order chi connectivity index (χ1) is 11.5. The molecule has 0 bridgehead atoms. The van der Waals surface area contributed by atoms with Crippen LogP contribution in [-0.4, -0.2) is 13.2 Å². The zero-order valence-electron chi connectivity index (χ0n) is 15.7. The first kappa shape index (κ1) is 30.3. The van der Waals surface area contributed by atoms with Gasteiger partial charge in [-0.2, -0.15) is 0 Å². The molecule has 0 amide bonds. The largest absolute Gasteiger partial charge is 2.00 e. The average molecular weight is 436 g/mol. The number of hydrogen-bond acceptors (Lipinski definition) is 6. The first-order valence-corrected chi connectivity index (χ1v) is 11.3. The molecule has 0 aromatic carbocycles. The van der Waals surface area contributed by atoms with Crippen molar-refractivity contribution >= 4 is 16.5 Å². The average Bonchev–Trinajstić information content (AvgIpc) is 2.53. The van der Waals surface area contributed by atoms with Crippen LogP contribution in [0.4, 0.5) is 0 Å². The van der Waals surface area contributed by atoms with Crippen LogP contribution in [0, 0.1) is 0 Å². The van der Waals surface area contributed by atoms with Gasteiger partial charge in [0.15, 0.2) is 0 Å². The van der Waals surface area contributed by atoms with Gasteiger partial charge in [0.1, 0.15) is 13.2 Å². The van der Waals surface area contributed by atoms with E-state index in [-0.39, 0.29) is 17.4 Å². The molecule has 6 nitrogen and oxygen atoms in total. The van der Waals surface area contributed by atoms with Gasteiger partial charge in [-0.25, -0.2) is 0 Å². The van der Waals surface area contributed by atoms with Crippen molar-refractivity contribution in [3.05, 3.63) is 0 Å². The summed E-state index contributed by atoms with van der Waals surface area (Å²) in [6, 6.07) is 0. The van der Waals surface area contributed by atoms with E-state index in [0.717, 1.165) is 25.7 Å². The first-order valence-electron chi connectivity index (χ1n) is 9.09. The Morgan fingerprint density at radius 3 is 1.16 bits per heavy atom. The molecule has 0 aliphatic rings. The Morgan fingerprint density at radius 1 is 0.600 bits per heavy atom. The Labute approximate surface area is 166 Å². The van der Waals surface area contributed by atoms with Crippen molar-refractivity contribution in [1.29, 1.82) is 0 Å². The minimum absolute atomic E-state index is 0. The quantitative estimate of drug-likeness (QED) is 0.256. The normalized spacial score (nSPS) is 11.2. The Balaban J connectivity index is -0.000000372. The zero-order valence-corrected chi connectivity index (χ0v) is 18.7. The van der Waals surface area contributed by atoms with Crippen molar-refractivity contribution in [2.24, 2.45) is 0 Å². The molecule has 0 fully saturated rings.